The molecule has 34 heavy (non-hydrogen) atoms. The maximum atomic E-state index is 13.7. The summed E-state index contributed by atoms with van der Waals surface area (Å²) in [6, 6.07) is 13.5. The Labute approximate surface area is 203 Å². The summed E-state index contributed by atoms with van der Waals surface area (Å²) >= 11 is 6.09. The van der Waals surface area contributed by atoms with Gasteiger partial charge in [0, 0.05) is 31.8 Å². The molecule has 1 aliphatic heterocycles. The van der Waals surface area contributed by atoms with Crippen LogP contribution >= 0.6 is 11.6 Å². The Morgan fingerprint density at radius 3 is 2.79 bits per heavy atom. The lowest BCUT2D eigenvalue weighted by atomic mass is 10.0. The van der Waals surface area contributed by atoms with Crippen LogP contribution in [0.15, 0.2) is 48.5 Å². The summed E-state index contributed by atoms with van der Waals surface area (Å²) in [7, 11) is 1.57. The zero-order valence-electron chi connectivity index (χ0n) is 19.0. The van der Waals surface area contributed by atoms with Gasteiger partial charge >= 0.3 is 0 Å². The summed E-state index contributed by atoms with van der Waals surface area (Å²) in [5, 5.41) is 11.7. The molecule has 1 aromatic heterocycles. The van der Waals surface area contributed by atoms with Crippen LogP contribution in [-0.4, -0.2) is 71.2 Å². The first-order valence-electron chi connectivity index (χ1n) is 11.3. The molecule has 0 saturated carbocycles. The van der Waals surface area contributed by atoms with Gasteiger partial charge in [0.25, 0.3) is 0 Å². The summed E-state index contributed by atoms with van der Waals surface area (Å²) in [6.45, 7) is 1.57. The van der Waals surface area contributed by atoms with Crippen molar-refractivity contribution in [2.24, 2.45) is 0 Å². The molecule has 0 bridgehead atoms. The topological polar surface area (TPSA) is 98.6 Å². The highest BCUT2D eigenvalue weighted by molar-refractivity contribution is 6.30. The normalized spacial score (nSPS) is 16.5. The minimum absolute atomic E-state index is 0.0529. The molecular weight excluding hydrogens is 458 g/mol. The lowest BCUT2D eigenvalue weighted by Gasteiger charge is -2.33. The summed E-state index contributed by atoms with van der Waals surface area (Å²) in [5.41, 5.74) is 2.11. The Morgan fingerprint density at radius 2 is 2.06 bits per heavy atom. The van der Waals surface area contributed by atoms with Crippen LogP contribution < -0.4 is 5.32 Å². The van der Waals surface area contributed by atoms with E-state index in [1.807, 2.05) is 24.3 Å². The lowest BCUT2D eigenvalue weighted by Crippen LogP contribution is -2.48. The van der Waals surface area contributed by atoms with Gasteiger partial charge in [-0.05, 0) is 42.7 Å². The van der Waals surface area contributed by atoms with Crippen molar-refractivity contribution in [3.8, 4) is 0 Å². The van der Waals surface area contributed by atoms with Crippen LogP contribution in [0.2, 0.25) is 5.02 Å². The molecule has 0 radical (unpaired) electrons. The van der Waals surface area contributed by atoms with Crippen molar-refractivity contribution in [2.45, 2.75) is 31.5 Å². The van der Waals surface area contributed by atoms with E-state index in [-0.39, 0.29) is 31.0 Å². The number of carbonyl (C=O) groups is 2. The highest BCUT2D eigenvalue weighted by Crippen LogP contribution is 2.26. The molecule has 2 atom stereocenters. The Morgan fingerprint density at radius 1 is 1.26 bits per heavy atom. The number of nitrogens with one attached hydrogen (secondary N) is 1. The minimum atomic E-state index is -0.861. The molecule has 1 aliphatic rings. The van der Waals surface area contributed by atoms with Gasteiger partial charge in [-0.1, -0.05) is 41.1 Å². The molecule has 180 valence electrons. The van der Waals surface area contributed by atoms with Crippen molar-refractivity contribution < 1.29 is 19.1 Å². The number of benzene rings is 2. The second-order valence-electron chi connectivity index (χ2n) is 8.15. The molecule has 0 unspecified atom stereocenters. The molecule has 3 aromatic rings. The molecule has 2 amide bonds. The van der Waals surface area contributed by atoms with Gasteiger partial charge in [0.2, 0.25) is 11.8 Å². The fraction of sp³-hybridized carbons (Fsp3) is 0.417. The third-order valence-electron chi connectivity index (χ3n) is 5.80. The first-order chi connectivity index (χ1) is 16.6. The van der Waals surface area contributed by atoms with Crippen molar-refractivity contribution in [3.05, 3.63) is 59.1 Å². The third kappa shape index (κ3) is 5.72. The molecule has 1 N–H and O–H groups in total. The molecule has 2 heterocycles. The van der Waals surface area contributed by atoms with E-state index < -0.39 is 6.04 Å². The first-order valence-corrected chi connectivity index (χ1v) is 11.7. The summed E-state index contributed by atoms with van der Waals surface area (Å²) < 4.78 is 12.4. The quantitative estimate of drug-likeness (QED) is 0.443. The fourth-order valence-corrected chi connectivity index (χ4v) is 4.23. The van der Waals surface area contributed by atoms with Gasteiger partial charge < -0.3 is 19.7 Å². The number of para-hydroxylation sites is 1. The smallest absolute Gasteiger partial charge is 0.247 e. The van der Waals surface area contributed by atoms with Gasteiger partial charge in [0.05, 0.1) is 18.2 Å². The van der Waals surface area contributed by atoms with Crippen molar-refractivity contribution in [2.75, 3.05) is 33.4 Å². The van der Waals surface area contributed by atoms with Crippen LogP contribution in [0.4, 0.5) is 0 Å². The lowest BCUT2D eigenvalue weighted by molar-refractivity contribution is -0.143. The van der Waals surface area contributed by atoms with E-state index in [4.69, 9.17) is 21.1 Å². The highest BCUT2D eigenvalue weighted by Gasteiger charge is 2.34. The van der Waals surface area contributed by atoms with Crippen LogP contribution in [0.1, 0.15) is 24.4 Å². The standard InChI is InChI=1S/C24H28ClN5O4/c1-33-14-12-26-24(32)23(17-8-10-18(25)11-9-17)29(15-19-5-4-13-34-19)22(31)16-30-21-7-3-2-6-20(21)27-28-30/h2-3,6-11,19,23H,4-5,12-16H2,1H3,(H,26,32)/t19-,23+/m0/s1. The molecule has 4 rings (SSSR count). The van der Waals surface area contributed by atoms with Crippen molar-refractivity contribution in [1.29, 1.82) is 0 Å². The van der Waals surface area contributed by atoms with E-state index in [1.165, 1.54) is 0 Å². The van der Waals surface area contributed by atoms with Gasteiger partial charge in [0.15, 0.2) is 0 Å². The maximum Gasteiger partial charge on any atom is 0.247 e. The fourth-order valence-electron chi connectivity index (χ4n) is 4.10. The minimum Gasteiger partial charge on any atom is -0.383 e. The number of ether oxygens (including phenoxy) is 2. The monoisotopic (exact) mass is 485 g/mol. The van der Waals surface area contributed by atoms with Crippen molar-refractivity contribution in [1.82, 2.24) is 25.2 Å². The summed E-state index contributed by atoms with van der Waals surface area (Å²) in [6.07, 6.45) is 1.61. The van der Waals surface area contributed by atoms with E-state index in [0.29, 0.717) is 35.9 Å². The number of rotatable bonds is 10. The average molecular weight is 486 g/mol. The molecular formula is C24H28ClN5O4. The predicted octanol–water partition coefficient (Wildman–Crippen LogP) is 2.60. The van der Waals surface area contributed by atoms with E-state index >= 15 is 0 Å². The van der Waals surface area contributed by atoms with Gasteiger partial charge in [-0.15, -0.1) is 5.10 Å². The van der Waals surface area contributed by atoms with E-state index in [0.717, 1.165) is 18.4 Å². The Balaban J connectivity index is 1.66. The second kappa shape index (κ2) is 11.4. The molecule has 0 spiro atoms. The zero-order chi connectivity index (χ0) is 23.9. The molecule has 10 heteroatoms. The molecule has 0 aliphatic carbocycles. The van der Waals surface area contributed by atoms with E-state index in [9.17, 15) is 9.59 Å². The Kier molecular flexibility index (Phi) is 8.10. The number of amides is 2. The number of nitrogens with zero attached hydrogens (tertiary/aromatic N) is 4. The van der Waals surface area contributed by atoms with Crippen LogP contribution in [0, 0.1) is 0 Å². The highest BCUT2D eigenvalue weighted by atomic mass is 35.5. The third-order valence-corrected chi connectivity index (χ3v) is 6.05. The van der Waals surface area contributed by atoms with Gasteiger partial charge in [-0.3, -0.25) is 9.59 Å². The number of methoxy groups -OCH3 is 1. The number of fused-ring (bicyclic) bond motifs is 1. The molecule has 1 saturated heterocycles. The van der Waals surface area contributed by atoms with Gasteiger partial charge in [-0.2, -0.15) is 0 Å². The van der Waals surface area contributed by atoms with Crippen LogP contribution in [0.3, 0.4) is 0 Å². The number of hydrogen-bond acceptors (Lipinski definition) is 6. The molecule has 9 nitrogen and oxygen atoms in total. The van der Waals surface area contributed by atoms with Crippen LogP contribution in [0.25, 0.3) is 11.0 Å². The van der Waals surface area contributed by atoms with Crippen LogP contribution in [-0.2, 0) is 25.6 Å². The number of aromatic nitrogens is 3. The van der Waals surface area contributed by atoms with Crippen LogP contribution in [0.5, 0.6) is 0 Å². The maximum absolute atomic E-state index is 13.7. The van der Waals surface area contributed by atoms with Crippen molar-refractivity contribution >= 4 is 34.4 Å². The molecule has 2 aromatic carbocycles. The number of halogens is 1. The predicted molar refractivity (Wildman–Crippen MR) is 127 cm³/mol. The zero-order valence-corrected chi connectivity index (χ0v) is 19.8. The second-order valence-corrected chi connectivity index (χ2v) is 8.59. The molecule has 1 fully saturated rings. The summed E-state index contributed by atoms with van der Waals surface area (Å²) in [5.74, 6) is -0.554. The van der Waals surface area contributed by atoms with E-state index in [2.05, 4.69) is 15.6 Å². The SMILES string of the molecule is COCCNC(=O)[C@@H](c1ccc(Cl)cc1)N(C[C@@H]1CCCO1)C(=O)Cn1nnc2ccccc21. The summed E-state index contributed by atoms with van der Waals surface area (Å²) in [4.78, 5) is 28.7. The Hall–Kier alpha value is -3.01. The van der Waals surface area contributed by atoms with Gasteiger partial charge in [0.1, 0.15) is 18.1 Å². The van der Waals surface area contributed by atoms with Gasteiger partial charge in [-0.25, -0.2) is 4.68 Å². The first kappa shape index (κ1) is 24.1. The average Bonchev–Trinajstić information content (AvgIpc) is 3.50. The number of hydrogen-bond donors (Lipinski definition) is 1. The Bertz CT molecular complexity index is 1110. The van der Waals surface area contributed by atoms with E-state index in [1.54, 1.807) is 41.0 Å². The number of carbonyl (C=O) groups excluding carboxylic acids is 2. The largest absolute Gasteiger partial charge is 0.383 e. The van der Waals surface area contributed by atoms with Crippen molar-refractivity contribution in [3.63, 3.8) is 0 Å².